The summed E-state index contributed by atoms with van der Waals surface area (Å²) in [4.78, 5) is 0. The first-order valence-corrected chi connectivity index (χ1v) is 8.56. The van der Waals surface area contributed by atoms with Gasteiger partial charge >= 0.3 is 0 Å². The van der Waals surface area contributed by atoms with Gasteiger partial charge < -0.3 is 4.74 Å². The van der Waals surface area contributed by atoms with E-state index in [0.29, 0.717) is 0 Å². The van der Waals surface area contributed by atoms with Crippen molar-refractivity contribution in [3.8, 4) is 11.5 Å². The zero-order chi connectivity index (χ0) is 18.1. The predicted octanol–water partition coefficient (Wildman–Crippen LogP) is 6.39. The average molecular weight is 330 g/mol. The van der Waals surface area contributed by atoms with Crippen LogP contribution in [-0.4, -0.2) is 0 Å². The number of allylic oxidation sites excluding steroid dienone is 4. The van der Waals surface area contributed by atoms with Crippen molar-refractivity contribution in [3.63, 3.8) is 0 Å². The summed E-state index contributed by atoms with van der Waals surface area (Å²) in [5.41, 5.74) is 4.97. The van der Waals surface area contributed by atoms with Crippen LogP contribution >= 0.6 is 0 Å². The molecule has 0 saturated carbocycles. The Morgan fingerprint density at radius 2 is 0.920 bits per heavy atom. The van der Waals surface area contributed by atoms with Crippen LogP contribution in [0.4, 0.5) is 0 Å². The Morgan fingerprint density at radius 1 is 0.560 bits per heavy atom. The van der Waals surface area contributed by atoms with Crippen molar-refractivity contribution in [1.29, 1.82) is 0 Å². The fraction of sp³-hybridized carbons (Fsp3) is 0.167. The minimum Gasteiger partial charge on any atom is -0.457 e. The average Bonchev–Trinajstić information content (AvgIpc) is 2.60. The van der Waals surface area contributed by atoms with Gasteiger partial charge in [0.2, 0.25) is 0 Å². The normalized spacial score (nSPS) is 10.1. The Balaban J connectivity index is 2.28. The summed E-state index contributed by atoms with van der Waals surface area (Å²) in [6.07, 6.45) is 11.0. The monoisotopic (exact) mass is 330 g/mol. The Bertz CT molecular complexity index is 702. The molecule has 0 aromatic heterocycles. The lowest BCUT2D eigenvalue weighted by Crippen LogP contribution is -1.96. The lowest BCUT2D eigenvalue weighted by molar-refractivity contribution is 0.481. The molecule has 0 fully saturated rings. The summed E-state index contributed by atoms with van der Waals surface area (Å²) in [6.45, 7) is 15.3. The van der Waals surface area contributed by atoms with E-state index in [1.54, 1.807) is 0 Å². The van der Waals surface area contributed by atoms with Gasteiger partial charge in [-0.25, -0.2) is 0 Å². The number of benzene rings is 2. The third-order valence-corrected chi connectivity index (χ3v) is 4.05. The van der Waals surface area contributed by atoms with Crippen LogP contribution in [0.15, 0.2) is 87.0 Å². The summed E-state index contributed by atoms with van der Waals surface area (Å²) in [7, 11) is 0. The molecule has 2 aromatic carbocycles. The fourth-order valence-electron chi connectivity index (χ4n) is 2.87. The van der Waals surface area contributed by atoms with E-state index in [-0.39, 0.29) is 0 Å². The third kappa shape index (κ3) is 5.09. The van der Waals surface area contributed by atoms with Crippen molar-refractivity contribution in [3.05, 3.63) is 109 Å². The molecule has 0 unspecified atom stereocenters. The standard InChI is InChI=1S/C24H26O/c1-5-9-19-13-15-23(17-21(19)11-7-3)25-24-16-14-20(10-6-2)22(18-24)12-8-4/h5-8,13-18H,1-4,9-12H2. The number of hydrogen-bond acceptors (Lipinski definition) is 1. The SMILES string of the molecule is C=CCc1ccc(Oc2ccc(CC=C)c(CC=C)c2)cc1CC=C. The second kappa shape index (κ2) is 9.48. The van der Waals surface area contributed by atoms with E-state index >= 15 is 0 Å². The highest BCUT2D eigenvalue weighted by Crippen LogP contribution is 2.27. The highest BCUT2D eigenvalue weighted by atomic mass is 16.5. The van der Waals surface area contributed by atoms with Crippen molar-refractivity contribution in [2.75, 3.05) is 0 Å². The maximum absolute atomic E-state index is 6.10. The van der Waals surface area contributed by atoms with Crippen molar-refractivity contribution < 1.29 is 4.74 Å². The third-order valence-electron chi connectivity index (χ3n) is 4.05. The van der Waals surface area contributed by atoms with E-state index in [2.05, 4.69) is 50.6 Å². The smallest absolute Gasteiger partial charge is 0.127 e. The molecule has 0 saturated heterocycles. The van der Waals surface area contributed by atoms with Gasteiger partial charge in [-0.15, -0.1) is 26.3 Å². The molecule has 0 spiro atoms. The summed E-state index contributed by atoms with van der Waals surface area (Å²) in [5.74, 6) is 1.68. The predicted molar refractivity (Wildman–Crippen MR) is 109 cm³/mol. The molecule has 0 atom stereocenters. The van der Waals surface area contributed by atoms with Gasteiger partial charge in [-0.2, -0.15) is 0 Å². The van der Waals surface area contributed by atoms with Crippen molar-refractivity contribution in [1.82, 2.24) is 0 Å². The summed E-state index contributed by atoms with van der Waals surface area (Å²) in [5, 5.41) is 0. The zero-order valence-corrected chi connectivity index (χ0v) is 14.8. The maximum Gasteiger partial charge on any atom is 0.127 e. The van der Waals surface area contributed by atoms with E-state index in [1.165, 1.54) is 22.3 Å². The highest BCUT2D eigenvalue weighted by molar-refractivity contribution is 5.43. The summed E-state index contributed by atoms with van der Waals surface area (Å²) in [6, 6.07) is 12.4. The molecule has 25 heavy (non-hydrogen) atoms. The van der Waals surface area contributed by atoms with E-state index in [4.69, 9.17) is 4.74 Å². The molecule has 0 aliphatic rings. The fourth-order valence-corrected chi connectivity index (χ4v) is 2.87. The molecular weight excluding hydrogens is 304 g/mol. The second-order valence-electron chi connectivity index (χ2n) is 5.93. The quantitative estimate of drug-likeness (QED) is 0.458. The molecule has 128 valence electrons. The van der Waals surface area contributed by atoms with Crippen LogP contribution in [0, 0.1) is 0 Å². The van der Waals surface area contributed by atoms with E-state index in [9.17, 15) is 0 Å². The molecule has 0 aliphatic carbocycles. The topological polar surface area (TPSA) is 9.23 Å². The largest absolute Gasteiger partial charge is 0.457 e. The van der Waals surface area contributed by atoms with Crippen LogP contribution in [0.3, 0.4) is 0 Å². The molecule has 2 rings (SSSR count). The molecule has 1 nitrogen and oxygen atoms in total. The van der Waals surface area contributed by atoms with Crippen LogP contribution in [0.1, 0.15) is 22.3 Å². The minimum absolute atomic E-state index is 0.820. The number of hydrogen-bond donors (Lipinski definition) is 0. The van der Waals surface area contributed by atoms with Gasteiger partial charge in [0.1, 0.15) is 11.5 Å². The molecule has 0 bridgehead atoms. The molecule has 2 aromatic rings. The van der Waals surface area contributed by atoms with Crippen LogP contribution in [-0.2, 0) is 25.7 Å². The highest BCUT2D eigenvalue weighted by Gasteiger charge is 2.06. The molecule has 0 radical (unpaired) electrons. The number of ether oxygens (including phenoxy) is 1. The van der Waals surface area contributed by atoms with Gasteiger partial charge in [-0.05, 0) is 72.2 Å². The first kappa shape index (κ1) is 18.5. The van der Waals surface area contributed by atoms with Gasteiger partial charge in [0.25, 0.3) is 0 Å². The van der Waals surface area contributed by atoms with Crippen LogP contribution < -0.4 is 4.74 Å². The first-order valence-electron chi connectivity index (χ1n) is 8.56. The van der Waals surface area contributed by atoms with Crippen molar-refractivity contribution in [2.24, 2.45) is 0 Å². The zero-order valence-electron chi connectivity index (χ0n) is 14.8. The molecule has 0 aliphatic heterocycles. The molecule has 0 N–H and O–H groups in total. The van der Waals surface area contributed by atoms with E-state index in [1.807, 2.05) is 36.4 Å². The minimum atomic E-state index is 0.820. The molecular formula is C24H26O. The Labute approximate surface area is 151 Å². The Hall–Kier alpha value is -2.80. The van der Waals surface area contributed by atoms with Gasteiger partial charge in [0.15, 0.2) is 0 Å². The number of rotatable bonds is 10. The summed E-state index contributed by atoms with van der Waals surface area (Å²) < 4.78 is 6.10. The van der Waals surface area contributed by atoms with E-state index < -0.39 is 0 Å². The van der Waals surface area contributed by atoms with Crippen LogP contribution in [0.2, 0.25) is 0 Å². The van der Waals surface area contributed by atoms with E-state index in [0.717, 1.165) is 37.2 Å². The molecule has 0 amide bonds. The van der Waals surface area contributed by atoms with Crippen molar-refractivity contribution >= 4 is 0 Å². The van der Waals surface area contributed by atoms with Crippen LogP contribution in [0.5, 0.6) is 11.5 Å². The first-order chi connectivity index (χ1) is 12.2. The van der Waals surface area contributed by atoms with Gasteiger partial charge in [0, 0.05) is 0 Å². The Kier molecular flexibility index (Phi) is 7.03. The van der Waals surface area contributed by atoms with Crippen LogP contribution in [0.25, 0.3) is 0 Å². The van der Waals surface area contributed by atoms with Gasteiger partial charge in [-0.1, -0.05) is 36.4 Å². The summed E-state index contributed by atoms with van der Waals surface area (Å²) >= 11 is 0. The second-order valence-corrected chi connectivity index (χ2v) is 5.93. The lowest BCUT2D eigenvalue weighted by Gasteiger charge is -2.13. The maximum atomic E-state index is 6.10. The van der Waals surface area contributed by atoms with Crippen molar-refractivity contribution in [2.45, 2.75) is 25.7 Å². The Morgan fingerprint density at radius 3 is 1.28 bits per heavy atom. The van der Waals surface area contributed by atoms with Gasteiger partial charge in [-0.3, -0.25) is 0 Å². The molecule has 0 heterocycles. The lowest BCUT2D eigenvalue weighted by atomic mass is 10.0. The molecule has 1 heteroatoms. The van der Waals surface area contributed by atoms with Gasteiger partial charge in [0.05, 0.1) is 0 Å².